The number of nitro benzene ring substituents is 1. The maximum absolute atomic E-state index is 12.9. The van der Waals surface area contributed by atoms with Crippen LogP contribution in [0.3, 0.4) is 0 Å². The van der Waals surface area contributed by atoms with Gasteiger partial charge in [0.2, 0.25) is 0 Å². The van der Waals surface area contributed by atoms with Crippen molar-refractivity contribution in [3.63, 3.8) is 0 Å². The number of non-ortho nitro benzene ring substituents is 1. The Labute approximate surface area is 166 Å². The van der Waals surface area contributed by atoms with Crippen LogP contribution in [0.2, 0.25) is 0 Å². The van der Waals surface area contributed by atoms with Crippen LogP contribution in [-0.4, -0.2) is 25.8 Å². The van der Waals surface area contributed by atoms with Gasteiger partial charge in [-0.2, -0.15) is 0 Å². The Morgan fingerprint density at radius 3 is 2.59 bits per heavy atom. The maximum Gasteiger partial charge on any atom is 0.293 e. The van der Waals surface area contributed by atoms with E-state index in [9.17, 15) is 23.3 Å². The first-order valence-electron chi connectivity index (χ1n) is 8.81. The Hall–Kier alpha value is -3.46. The van der Waals surface area contributed by atoms with E-state index in [-0.39, 0.29) is 27.9 Å². The topological polar surface area (TPSA) is 111 Å². The molecule has 1 aromatic heterocycles. The first-order chi connectivity index (χ1) is 13.8. The molecule has 0 saturated carbocycles. The van der Waals surface area contributed by atoms with Crippen LogP contribution in [0.25, 0.3) is 0 Å². The molecule has 0 radical (unpaired) electrons. The molecule has 3 aromatic rings. The van der Waals surface area contributed by atoms with Crippen molar-refractivity contribution in [2.24, 2.45) is 0 Å². The predicted molar refractivity (Wildman–Crippen MR) is 105 cm³/mol. The van der Waals surface area contributed by atoms with E-state index in [4.69, 9.17) is 4.42 Å². The van der Waals surface area contributed by atoms with Crippen LogP contribution in [0.5, 0.6) is 0 Å². The van der Waals surface area contributed by atoms with E-state index < -0.39 is 20.7 Å². The van der Waals surface area contributed by atoms with Crippen LogP contribution in [0.15, 0.2) is 70.0 Å². The molecule has 148 valence electrons. The summed E-state index contributed by atoms with van der Waals surface area (Å²) in [6, 6.07) is 15.3. The number of hydrogen-bond donors (Lipinski definition) is 0. The van der Waals surface area contributed by atoms with Crippen molar-refractivity contribution in [3.05, 3.63) is 87.9 Å². The van der Waals surface area contributed by atoms with Gasteiger partial charge in [0, 0.05) is 18.7 Å². The zero-order valence-corrected chi connectivity index (χ0v) is 16.0. The molecule has 1 aliphatic heterocycles. The highest BCUT2D eigenvalue weighted by Gasteiger charge is 2.29. The fourth-order valence-electron chi connectivity index (χ4n) is 3.29. The minimum Gasteiger partial charge on any atom is -0.455 e. The smallest absolute Gasteiger partial charge is 0.293 e. The van der Waals surface area contributed by atoms with Crippen molar-refractivity contribution >= 4 is 27.1 Å². The fraction of sp³-hybridized carbons (Fsp3) is 0.150. The van der Waals surface area contributed by atoms with Crippen molar-refractivity contribution in [1.29, 1.82) is 0 Å². The Morgan fingerprint density at radius 2 is 1.86 bits per heavy atom. The Balaban J connectivity index is 1.56. The fourth-order valence-corrected chi connectivity index (χ4v) is 4.56. The van der Waals surface area contributed by atoms with Crippen molar-refractivity contribution in [2.75, 3.05) is 11.4 Å². The normalized spacial score (nSPS) is 13.3. The lowest BCUT2D eigenvalue weighted by Crippen LogP contribution is -2.28. The molecule has 9 heteroatoms. The van der Waals surface area contributed by atoms with Gasteiger partial charge in [-0.1, -0.05) is 24.3 Å². The number of fused-ring (bicyclic) bond motifs is 1. The number of rotatable bonds is 5. The van der Waals surface area contributed by atoms with Gasteiger partial charge in [0.15, 0.2) is 15.6 Å². The Morgan fingerprint density at radius 1 is 1.10 bits per heavy atom. The van der Waals surface area contributed by atoms with Crippen LogP contribution >= 0.6 is 0 Å². The maximum atomic E-state index is 12.9. The third kappa shape index (κ3) is 3.64. The van der Waals surface area contributed by atoms with Gasteiger partial charge in [-0.05, 0) is 36.2 Å². The minimum absolute atomic E-state index is 0.0115. The van der Waals surface area contributed by atoms with Crippen LogP contribution in [0, 0.1) is 10.1 Å². The summed E-state index contributed by atoms with van der Waals surface area (Å²) in [7, 11) is -3.60. The van der Waals surface area contributed by atoms with Gasteiger partial charge in [-0.25, -0.2) is 8.42 Å². The van der Waals surface area contributed by atoms with Crippen LogP contribution in [-0.2, 0) is 22.0 Å². The van der Waals surface area contributed by atoms with Crippen molar-refractivity contribution in [2.45, 2.75) is 17.1 Å². The number of carbonyl (C=O) groups is 1. The molecule has 0 unspecified atom stereocenters. The quantitative estimate of drug-likeness (QED) is 0.469. The largest absolute Gasteiger partial charge is 0.455 e. The highest BCUT2D eigenvalue weighted by Crippen LogP contribution is 2.33. The molecule has 29 heavy (non-hydrogen) atoms. The highest BCUT2D eigenvalue weighted by molar-refractivity contribution is 7.90. The minimum atomic E-state index is -3.60. The van der Waals surface area contributed by atoms with Gasteiger partial charge in [-0.3, -0.25) is 14.9 Å². The number of amides is 1. The van der Waals surface area contributed by atoms with Crippen LogP contribution < -0.4 is 4.90 Å². The number of nitrogens with zero attached hydrogens (tertiary/aromatic N) is 2. The molecule has 0 saturated heterocycles. The van der Waals surface area contributed by atoms with Gasteiger partial charge in [0.1, 0.15) is 11.5 Å². The molecule has 0 atom stereocenters. The number of furan rings is 1. The third-order valence-electron chi connectivity index (χ3n) is 4.73. The summed E-state index contributed by atoms with van der Waals surface area (Å²) in [6.45, 7) is 0.369. The van der Waals surface area contributed by atoms with E-state index >= 15 is 0 Å². The number of anilines is 1. The van der Waals surface area contributed by atoms with Gasteiger partial charge in [0.05, 0.1) is 15.5 Å². The number of carbonyl (C=O) groups excluding carboxylic acids is 1. The second kappa shape index (κ2) is 7.17. The summed E-state index contributed by atoms with van der Waals surface area (Å²) in [5, 5.41) is 11.0. The average molecular weight is 412 g/mol. The van der Waals surface area contributed by atoms with Crippen molar-refractivity contribution in [3.8, 4) is 0 Å². The highest BCUT2D eigenvalue weighted by atomic mass is 32.2. The lowest BCUT2D eigenvalue weighted by molar-refractivity contribution is -0.384. The van der Waals surface area contributed by atoms with E-state index in [0.29, 0.717) is 18.7 Å². The zero-order valence-electron chi connectivity index (χ0n) is 15.1. The van der Waals surface area contributed by atoms with E-state index in [0.717, 1.165) is 5.56 Å². The monoisotopic (exact) mass is 412 g/mol. The van der Waals surface area contributed by atoms with Crippen molar-refractivity contribution < 1.29 is 22.6 Å². The molecule has 2 aromatic carbocycles. The molecule has 0 bridgehead atoms. The summed E-state index contributed by atoms with van der Waals surface area (Å²) in [5.74, 6) is -0.697. The molecule has 4 rings (SSSR count). The van der Waals surface area contributed by atoms with Gasteiger partial charge in [-0.15, -0.1) is 0 Å². The molecule has 2 heterocycles. The zero-order chi connectivity index (χ0) is 20.6. The second-order valence-corrected chi connectivity index (χ2v) is 8.60. The summed E-state index contributed by atoms with van der Waals surface area (Å²) >= 11 is 0. The van der Waals surface area contributed by atoms with E-state index in [1.54, 1.807) is 24.3 Å². The summed E-state index contributed by atoms with van der Waals surface area (Å²) in [6.07, 6.45) is 0.578. The van der Waals surface area contributed by atoms with Crippen molar-refractivity contribution in [1.82, 2.24) is 0 Å². The average Bonchev–Trinajstić information content (AvgIpc) is 3.34. The second-order valence-electron chi connectivity index (χ2n) is 6.62. The molecule has 0 spiro atoms. The standard InChI is InChI=1S/C20H16N2O6S/c23-20(21-11-10-14-6-7-15(22(24)25)12-18(14)21)19-9-8-16(28-19)13-29(26,27)17-4-2-1-3-5-17/h1-9,12H,10-11,13H2. The lowest BCUT2D eigenvalue weighted by Gasteiger charge is -2.15. The van der Waals surface area contributed by atoms with E-state index in [1.807, 2.05) is 0 Å². The SMILES string of the molecule is O=C(c1ccc(CS(=O)(=O)c2ccccc2)o1)N1CCc2ccc([N+](=O)[O-])cc21. The predicted octanol–water partition coefficient (Wildman–Crippen LogP) is 3.36. The Bertz CT molecular complexity index is 1200. The summed E-state index contributed by atoms with van der Waals surface area (Å²) in [4.78, 5) is 25.0. The van der Waals surface area contributed by atoms with Crippen LogP contribution in [0.4, 0.5) is 11.4 Å². The molecule has 0 N–H and O–H groups in total. The van der Waals surface area contributed by atoms with Gasteiger partial charge >= 0.3 is 0 Å². The number of sulfone groups is 1. The molecule has 1 amide bonds. The lowest BCUT2D eigenvalue weighted by atomic mass is 10.1. The Kier molecular flexibility index (Phi) is 4.67. The molecule has 8 nitrogen and oxygen atoms in total. The number of benzene rings is 2. The first-order valence-corrected chi connectivity index (χ1v) is 10.5. The van der Waals surface area contributed by atoms with Gasteiger partial charge in [0.25, 0.3) is 11.6 Å². The molecular weight excluding hydrogens is 396 g/mol. The van der Waals surface area contributed by atoms with Crippen LogP contribution in [0.1, 0.15) is 21.9 Å². The molecule has 1 aliphatic rings. The first kappa shape index (κ1) is 18.9. The number of hydrogen-bond acceptors (Lipinski definition) is 6. The summed E-state index contributed by atoms with van der Waals surface area (Å²) in [5.41, 5.74) is 1.21. The molecule has 0 fully saturated rings. The third-order valence-corrected chi connectivity index (χ3v) is 6.38. The van der Waals surface area contributed by atoms with E-state index in [2.05, 4.69) is 0 Å². The molecular formula is C20H16N2O6S. The number of nitro groups is 1. The van der Waals surface area contributed by atoms with E-state index in [1.165, 1.54) is 41.3 Å². The summed E-state index contributed by atoms with van der Waals surface area (Å²) < 4.78 is 30.5. The van der Waals surface area contributed by atoms with Gasteiger partial charge < -0.3 is 9.32 Å². The molecule has 0 aliphatic carbocycles.